The van der Waals surface area contributed by atoms with Gasteiger partial charge in [-0.05, 0) is 25.1 Å². The van der Waals surface area contributed by atoms with Gasteiger partial charge < -0.3 is 15.1 Å². The van der Waals surface area contributed by atoms with Crippen LogP contribution in [-0.4, -0.2) is 53.1 Å². The van der Waals surface area contributed by atoms with Crippen molar-refractivity contribution in [3.05, 3.63) is 48.0 Å². The van der Waals surface area contributed by atoms with Crippen molar-refractivity contribution in [2.24, 2.45) is 4.99 Å². The summed E-state index contributed by atoms with van der Waals surface area (Å²) in [6.07, 6.45) is -1.87. The van der Waals surface area contributed by atoms with Gasteiger partial charge in [0.25, 0.3) is 0 Å². The molecule has 0 amide bonds. The molecular weight excluding hydrogens is 407 g/mol. The van der Waals surface area contributed by atoms with Gasteiger partial charge in [-0.15, -0.1) is 0 Å². The fourth-order valence-corrected chi connectivity index (χ4v) is 3.27. The molecule has 2 aromatic rings. The Kier molecular flexibility index (Phi) is 6.78. The van der Waals surface area contributed by atoms with Gasteiger partial charge in [0, 0.05) is 50.8 Å². The molecule has 0 spiro atoms. The number of halogens is 5. The van der Waals surface area contributed by atoms with Gasteiger partial charge in [-0.25, -0.2) is 9.98 Å². The largest absolute Gasteiger partial charge is 0.416 e. The van der Waals surface area contributed by atoms with Crippen molar-refractivity contribution in [1.29, 1.82) is 0 Å². The Morgan fingerprint density at radius 3 is 2.57 bits per heavy atom. The summed E-state index contributed by atoms with van der Waals surface area (Å²) < 4.78 is 65.6. The van der Waals surface area contributed by atoms with Gasteiger partial charge in [-0.2, -0.15) is 22.0 Å². The molecule has 0 radical (unpaired) electrons. The summed E-state index contributed by atoms with van der Waals surface area (Å²) in [5.41, 5.74) is -0.155. The van der Waals surface area contributed by atoms with Crippen molar-refractivity contribution in [1.82, 2.24) is 19.8 Å². The van der Waals surface area contributed by atoms with Crippen LogP contribution in [0.3, 0.4) is 0 Å². The fourth-order valence-electron chi connectivity index (χ4n) is 3.27. The van der Waals surface area contributed by atoms with Gasteiger partial charge in [0.1, 0.15) is 12.4 Å². The Balaban J connectivity index is 1.66. The third kappa shape index (κ3) is 5.19. The molecule has 1 fully saturated rings. The summed E-state index contributed by atoms with van der Waals surface area (Å²) in [6, 6.07) is 5.27. The number of aliphatic imine (C=N–C) groups is 1. The summed E-state index contributed by atoms with van der Waals surface area (Å²) in [6.45, 7) is 1.89. The van der Waals surface area contributed by atoms with E-state index in [1.54, 1.807) is 6.07 Å². The summed E-state index contributed by atoms with van der Waals surface area (Å²) in [5.74, 6) is 0.716. The zero-order valence-electron chi connectivity index (χ0n) is 16.4. The molecule has 0 unspecified atom stereocenters. The molecule has 1 aromatic carbocycles. The molecule has 11 heteroatoms. The molecule has 30 heavy (non-hydrogen) atoms. The van der Waals surface area contributed by atoms with Crippen molar-refractivity contribution in [3.63, 3.8) is 0 Å². The maximum absolute atomic E-state index is 13.0. The number of hydrogen-bond donors (Lipinski definition) is 1. The molecule has 0 atom stereocenters. The Morgan fingerprint density at radius 2 is 1.93 bits per heavy atom. The summed E-state index contributed by atoms with van der Waals surface area (Å²) in [7, 11) is 0. The predicted octanol–water partition coefficient (Wildman–Crippen LogP) is 3.58. The number of nitrogens with zero attached hydrogens (tertiary/aromatic N) is 5. The number of anilines is 1. The van der Waals surface area contributed by atoms with Crippen molar-refractivity contribution >= 4 is 11.6 Å². The number of hydrogen-bond acceptors (Lipinski definition) is 3. The Labute approximate surface area is 171 Å². The molecule has 1 aliphatic rings. The molecule has 2 heterocycles. The standard InChI is InChI=1S/C19H23F5N6/c1-2-25-18(27-13-16-26-6-7-30(16)17(20)21)29-10-8-28(9-11-29)15-5-3-4-14(12-15)19(22,23)24/h3-7,12,17H,2,8-11,13H2,1H3,(H,25,27). The van der Waals surface area contributed by atoms with Gasteiger partial charge in [0.15, 0.2) is 5.96 Å². The lowest BCUT2D eigenvalue weighted by Crippen LogP contribution is -2.52. The summed E-state index contributed by atoms with van der Waals surface area (Å²) >= 11 is 0. The average Bonchev–Trinajstić information content (AvgIpc) is 3.20. The molecule has 0 bridgehead atoms. The zero-order valence-corrected chi connectivity index (χ0v) is 16.4. The van der Waals surface area contributed by atoms with Gasteiger partial charge in [0.2, 0.25) is 0 Å². The van der Waals surface area contributed by atoms with E-state index in [0.29, 0.717) is 44.4 Å². The number of piperazine rings is 1. The smallest absolute Gasteiger partial charge is 0.368 e. The lowest BCUT2D eigenvalue weighted by atomic mass is 10.1. The van der Waals surface area contributed by atoms with Crippen LogP contribution in [0.2, 0.25) is 0 Å². The van der Waals surface area contributed by atoms with Crippen LogP contribution < -0.4 is 10.2 Å². The molecule has 3 rings (SSSR count). The van der Waals surface area contributed by atoms with E-state index in [1.165, 1.54) is 18.5 Å². The van der Waals surface area contributed by atoms with Gasteiger partial charge in [-0.1, -0.05) is 6.07 Å². The van der Waals surface area contributed by atoms with Crippen LogP contribution in [0.15, 0.2) is 41.7 Å². The number of alkyl halides is 5. The average molecular weight is 430 g/mol. The molecule has 1 aromatic heterocycles. The predicted molar refractivity (Wildman–Crippen MR) is 104 cm³/mol. The van der Waals surface area contributed by atoms with Crippen LogP contribution in [0.1, 0.15) is 24.9 Å². The minimum atomic E-state index is -4.38. The third-order valence-corrected chi connectivity index (χ3v) is 4.78. The molecule has 0 saturated carbocycles. The Bertz CT molecular complexity index is 855. The number of guanidine groups is 1. The van der Waals surface area contributed by atoms with E-state index in [2.05, 4.69) is 15.3 Å². The van der Waals surface area contributed by atoms with Crippen molar-refractivity contribution in [2.45, 2.75) is 26.2 Å². The van der Waals surface area contributed by atoms with Crippen LogP contribution in [0, 0.1) is 0 Å². The van der Waals surface area contributed by atoms with Gasteiger partial charge in [-0.3, -0.25) is 4.57 Å². The number of rotatable bonds is 5. The van der Waals surface area contributed by atoms with Crippen molar-refractivity contribution in [3.8, 4) is 0 Å². The lowest BCUT2D eigenvalue weighted by Gasteiger charge is -2.38. The van der Waals surface area contributed by atoms with Crippen molar-refractivity contribution < 1.29 is 22.0 Å². The Morgan fingerprint density at radius 1 is 1.20 bits per heavy atom. The van der Waals surface area contributed by atoms with Gasteiger partial charge >= 0.3 is 12.7 Å². The first-order valence-electron chi connectivity index (χ1n) is 9.55. The second-order valence-electron chi connectivity index (χ2n) is 6.72. The first-order chi connectivity index (χ1) is 14.3. The highest BCUT2D eigenvalue weighted by molar-refractivity contribution is 5.80. The van der Waals surface area contributed by atoms with Crippen LogP contribution in [-0.2, 0) is 12.7 Å². The number of aromatic nitrogens is 2. The number of imidazole rings is 1. The number of benzene rings is 1. The highest BCUT2D eigenvalue weighted by Gasteiger charge is 2.31. The minimum absolute atomic E-state index is 0.00643. The molecule has 1 N–H and O–H groups in total. The molecular formula is C19H23F5N6. The molecule has 6 nitrogen and oxygen atoms in total. The summed E-state index contributed by atoms with van der Waals surface area (Å²) in [5, 5.41) is 3.13. The normalized spacial score (nSPS) is 15.8. The van der Waals surface area contributed by atoms with E-state index in [4.69, 9.17) is 0 Å². The second-order valence-corrected chi connectivity index (χ2v) is 6.72. The monoisotopic (exact) mass is 430 g/mol. The highest BCUT2D eigenvalue weighted by atomic mass is 19.4. The van der Waals surface area contributed by atoms with E-state index in [1.807, 2.05) is 16.7 Å². The third-order valence-electron chi connectivity index (χ3n) is 4.78. The maximum Gasteiger partial charge on any atom is 0.416 e. The van der Waals surface area contributed by atoms with Crippen LogP contribution >= 0.6 is 0 Å². The van der Waals surface area contributed by atoms with Crippen LogP contribution in [0.4, 0.5) is 27.6 Å². The fraction of sp³-hybridized carbons (Fsp3) is 0.474. The van der Waals surface area contributed by atoms with Crippen LogP contribution in [0.25, 0.3) is 0 Å². The van der Waals surface area contributed by atoms with E-state index in [0.717, 1.165) is 16.7 Å². The van der Waals surface area contributed by atoms with E-state index < -0.39 is 18.3 Å². The SMILES string of the molecule is CCNC(=NCc1nccn1C(F)F)N1CCN(c2cccc(C(F)(F)F)c2)CC1. The van der Waals surface area contributed by atoms with Crippen LogP contribution in [0.5, 0.6) is 0 Å². The van der Waals surface area contributed by atoms with Crippen molar-refractivity contribution in [2.75, 3.05) is 37.6 Å². The first-order valence-corrected chi connectivity index (χ1v) is 9.55. The van der Waals surface area contributed by atoms with E-state index in [9.17, 15) is 22.0 Å². The minimum Gasteiger partial charge on any atom is -0.368 e. The maximum atomic E-state index is 13.0. The van der Waals surface area contributed by atoms with Gasteiger partial charge in [0.05, 0.1) is 5.56 Å². The molecule has 0 aliphatic carbocycles. The Hall–Kier alpha value is -2.85. The topological polar surface area (TPSA) is 48.7 Å². The quantitative estimate of drug-likeness (QED) is 0.448. The van der Waals surface area contributed by atoms with E-state index >= 15 is 0 Å². The lowest BCUT2D eigenvalue weighted by molar-refractivity contribution is -0.137. The second kappa shape index (κ2) is 9.31. The zero-order chi connectivity index (χ0) is 21.7. The highest BCUT2D eigenvalue weighted by Crippen LogP contribution is 2.31. The molecule has 1 aliphatic heterocycles. The molecule has 164 valence electrons. The number of nitrogens with one attached hydrogen (secondary N) is 1. The molecule has 1 saturated heterocycles. The first kappa shape index (κ1) is 21.8. The summed E-state index contributed by atoms with van der Waals surface area (Å²) in [4.78, 5) is 12.2. The van der Waals surface area contributed by atoms with E-state index in [-0.39, 0.29) is 12.4 Å².